The average molecular weight is 187 g/mol. The van der Waals surface area contributed by atoms with Crippen LogP contribution in [0.2, 0.25) is 0 Å². The quantitative estimate of drug-likeness (QED) is 0.494. The minimum absolute atomic E-state index is 1.06. The lowest BCUT2D eigenvalue weighted by molar-refractivity contribution is 0.990. The molecule has 14 heavy (non-hydrogen) atoms. The molecular weight excluding hydrogens is 168 g/mol. The van der Waals surface area contributed by atoms with E-state index in [1.54, 1.807) is 0 Å². The maximum absolute atomic E-state index is 2.25. The van der Waals surface area contributed by atoms with Crippen LogP contribution in [0, 0.1) is 6.42 Å². The third kappa shape index (κ3) is 6.47. The van der Waals surface area contributed by atoms with Gasteiger partial charge in [0.05, 0.1) is 0 Å². The molecule has 0 unspecified atom stereocenters. The molecule has 1 radical (unpaired) electrons. The maximum atomic E-state index is 2.25. The standard InChI is InChI=1S/C14H19/c1-2-4-6-8-10-12-14-13-11-9-7-5-3-1/h1-4,7,9-10,12,14H,5-6,8,11,13H2/b3-1+,4-2+,9-7-,14-12+. The second kappa shape index (κ2) is 8.55. The molecule has 1 rings (SSSR count). The first-order chi connectivity index (χ1) is 7.00. The van der Waals surface area contributed by atoms with Gasteiger partial charge in [-0.2, -0.15) is 0 Å². The van der Waals surface area contributed by atoms with E-state index in [0.717, 1.165) is 32.1 Å². The molecule has 0 aromatic heterocycles. The first-order valence-electron chi connectivity index (χ1n) is 5.45. The van der Waals surface area contributed by atoms with Gasteiger partial charge in [-0.3, -0.25) is 0 Å². The second-order valence-corrected chi connectivity index (χ2v) is 3.38. The Balaban J connectivity index is 2.34. The summed E-state index contributed by atoms with van der Waals surface area (Å²) in [6.07, 6.45) is 25.5. The van der Waals surface area contributed by atoms with Crippen LogP contribution in [-0.4, -0.2) is 0 Å². The summed E-state index contributed by atoms with van der Waals surface area (Å²) in [5.41, 5.74) is 0. The first-order valence-corrected chi connectivity index (χ1v) is 5.45. The number of rotatable bonds is 0. The van der Waals surface area contributed by atoms with E-state index in [9.17, 15) is 0 Å². The van der Waals surface area contributed by atoms with E-state index in [2.05, 4.69) is 55.0 Å². The van der Waals surface area contributed by atoms with Crippen molar-refractivity contribution < 1.29 is 0 Å². The van der Waals surface area contributed by atoms with Crippen LogP contribution >= 0.6 is 0 Å². The van der Waals surface area contributed by atoms with Crippen molar-refractivity contribution in [3.8, 4) is 0 Å². The predicted molar refractivity (Wildman–Crippen MR) is 63.9 cm³/mol. The summed E-state index contributed by atoms with van der Waals surface area (Å²) >= 11 is 0. The predicted octanol–water partition coefficient (Wildman–Crippen LogP) is 4.38. The molecule has 0 N–H and O–H groups in total. The molecule has 0 heterocycles. The van der Waals surface area contributed by atoms with Gasteiger partial charge in [0.15, 0.2) is 0 Å². The topological polar surface area (TPSA) is 0 Å². The Bertz CT molecular complexity index is 228. The van der Waals surface area contributed by atoms with Gasteiger partial charge >= 0.3 is 0 Å². The van der Waals surface area contributed by atoms with Gasteiger partial charge < -0.3 is 0 Å². The van der Waals surface area contributed by atoms with Gasteiger partial charge in [-0.05, 0) is 38.5 Å². The lowest BCUT2D eigenvalue weighted by atomic mass is 10.2. The van der Waals surface area contributed by atoms with Crippen molar-refractivity contribution in [2.45, 2.75) is 32.1 Å². The van der Waals surface area contributed by atoms with Gasteiger partial charge in [-0.15, -0.1) is 0 Å². The molecule has 0 amide bonds. The summed E-state index contributed by atoms with van der Waals surface area (Å²) in [6.45, 7) is 0. The third-order valence-electron chi connectivity index (χ3n) is 2.09. The first kappa shape index (κ1) is 11.0. The Hall–Kier alpha value is -1.04. The van der Waals surface area contributed by atoms with Crippen molar-refractivity contribution in [3.63, 3.8) is 0 Å². The molecule has 0 bridgehead atoms. The van der Waals surface area contributed by atoms with E-state index in [4.69, 9.17) is 0 Å². The molecule has 1 aliphatic carbocycles. The van der Waals surface area contributed by atoms with E-state index < -0.39 is 0 Å². The SMILES string of the molecule is [CH]1/C=C/CC/C=C\C/C=C/C=C/CC1. The normalized spacial score (nSPS) is 28.6. The van der Waals surface area contributed by atoms with Gasteiger partial charge in [0.1, 0.15) is 0 Å². The summed E-state index contributed by atoms with van der Waals surface area (Å²) in [4.78, 5) is 0. The lowest BCUT2D eigenvalue weighted by Gasteiger charge is -1.91. The molecular formula is C14H19. The molecule has 0 saturated heterocycles. The molecule has 1 aliphatic rings. The zero-order chi connectivity index (χ0) is 9.90. The van der Waals surface area contributed by atoms with Crippen LogP contribution in [-0.2, 0) is 0 Å². The van der Waals surface area contributed by atoms with Crippen LogP contribution in [0.1, 0.15) is 32.1 Å². The highest BCUT2D eigenvalue weighted by Gasteiger charge is 1.82. The maximum Gasteiger partial charge on any atom is -0.0166 e. The van der Waals surface area contributed by atoms with Gasteiger partial charge in [-0.25, -0.2) is 0 Å². The van der Waals surface area contributed by atoms with Gasteiger partial charge in [0.25, 0.3) is 0 Å². The molecule has 0 aromatic rings. The van der Waals surface area contributed by atoms with Crippen LogP contribution in [0.15, 0.2) is 48.6 Å². The fourth-order valence-electron chi connectivity index (χ4n) is 1.30. The van der Waals surface area contributed by atoms with E-state index in [-0.39, 0.29) is 0 Å². The smallest absolute Gasteiger partial charge is 0.0166 e. The van der Waals surface area contributed by atoms with E-state index in [1.807, 2.05) is 0 Å². The summed E-state index contributed by atoms with van der Waals surface area (Å²) in [5.74, 6) is 0. The number of allylic oxidation sites excluding steroid dienone is 8. The van der Waals surface area contributed by atoms with E-state index in [0.29, 0.717) is 0 Å². The Kier molecular flexibility index (Phi) is 6.74. The molecule has 0 aromatic carbocycles. The monoisotopic (exact) mass is 187 g/mol. The van der Waals surface area contributed by atoms with Crippen LogP contribution in [0.4, 0.5) is 0 Å². The molecule has 0 atom stereocenters. The molecule has 0 fully saturated rings. The zero-order valence-corrected chi connectivity index (χ0v) is 8.73. The fraction of sp³-hybridized carbons (Fsp3) is 0.357. The minimum atomic E-state index is 1.06. The van der Waals surface area contributed by atoms with Crippen molar-refractivity contribution in [2.75, 3.05) is 0 Å². The van der Waals surface area contributed by atoms with Crippen LogP contribution in [0.25, 0.3) is 0 Å². The molecule has 0 spiro atoms. The minimum Gasteiger partial charge on any atom is -0.0879 e. The van der Waals surface area contributed by atoms with Crippen molar-refractivity contribution in [2.24, 2.45) is 0 Å². The Morgan fingerprint density at radius 3 is 2.21 bits per heavy atom. The Labute approximate surface area is 87.7 Å². The van der Waals surface area contributed by atoms with E-state index >= 15 is 0 Å². The van der Waals surface area contributed by atoms with Gasteiger partial charge in [0.2, 0.25) is 0 Å². The van der Waals surface area contributed by atoms with Crippen LogP contribution < -0.4 is 0 Å². The van der Waals surface area contributed by atoms with Gasteiger partial charge in [-0.1, -0.05) is 48.6 Å². The van der Waals surface area contributed by atoms with Crippen molar-refractivity contribution >= 4 is 0 Å². The zero-order valence-electron chi connectivity index (χ0n) is 8.73. The van der Waals surface area contributed by atoms with Crippen LogP contribution in [0.3, 0.4) is 0 Å². The molecule has 0 heteroatoms. The van der Waals surface area contributed by atoms with E-state index in [1.165, 1.54) is 0 Å². The van der Waals surface area contributed by atoms with Gasteiger partial charge in [0, 0.05) is 0 Å². The summed E-state index contributed by atoms with van der Waals surface area (Å²) < 4.78 is 0. The number of hydrogen-bond acceptors (Lipinski definition) is 0. The highest BCUT2D eigenvalue weighted by molar-refractivity contribution is 5.06. The summed E-state index contributed by atoms with van der Waals surface area (Å²) in [7, 11) is 0. The summed E-state index contributed by atoms with van der Waals surface area (Å²) in [6, 6.07) is 0. The van der Waals surface area contributed by atoms with Crippen molar-refractivity contribution in [1.82, 2.24) is 0 Å². The molecule has 0 aliphatic heterocycles. The molecule has 0 saturated carbocycles. The summed E-state index contributed by atoms with van der Waals surface area (Å²) in [5, 5.41) is 0. The average Bonchev–Trinajstić information content (AvgIpc) is 2.22. The number of hydrogen-bond donors (Lipinski definition) is 0. The van der Waals surface area contributed by atoms with Crippen molar-refractivity contribution in [1.29, 1.82) is 0 Å². The Morgan fingerprint density at radius 1 is 0.500 bits per heavy atom. The Morgan fingerprint density at radius 2 is 1.21 bits per heavy atom. The highest BCUT2D eigenvalue weighted by atomic mass is 13.9. The van der Waals surface area contributed by atoms with Crippen molar-refractivity contribution in [3.05, 3.63) is 55.0 Å². The lowest BCUT2D eigenvalue weighted by Crippen LogP contribution is -1.72. The molecule has 0 nitrogen and oxygen atoms in total. The third-order valence-corrected chi connectivity index (χ3v) is 2.09. The molecule has 75 valence electrons. The van der Waals surface area contributed by atoms with Crippen LogP contribution in [0.5, 0.6) is 0 Å². The largest absolute Gasteiger partial charge is 0.0879 e. The fourth-order valence-corrected chi connectivity index (χ4v) is 1.30. The second-order valence-electron chi connectivity index (χ2n) is 3.38. The highest BCUT2D eigenvalue weighted by Crippen LogP contribution is 2.01.